The molecule has 150 valence electrons. The second kappa shape index (κ2) is 8.21. The van der Waals surface area contributed by atoms with Gasteiger partial charge in [-0.25, -0.2) is 4.68 Å². The highest BCUT2D eigenvalue weighted by Crippen LogP contribution is 2.25. The minimum atomic E-state index is -0.126. The molecule has 1 amide bonds. The highest BCUT2D eigenvalue weighted by molar-refractivity contribution is 7.13. The van der Waals surface area contributed by atoms with E-state index in [2.05, 4.69) is 5.10 Å². The minimum Gasteiger partial charge on any atom is -0.378 e. The summed E-state index contributed by atoms with van der Waals surface area (Å²) < 4.78 is 1.56. The number of thiophene rings is 1. The molecule has 1 atom stereocenters. The second-order valence-corrected chi connectivity index (χ2v) is 8.42. The molecule has 7 heteroatoms. The van der Waals surface area contributed by atoms with E-state index >= 15 is 0 Å². The molecule has 0 bridgehead atoms. The lowest BCUT2D eigenvalue weighted by Gasteiger charge is -2.33. The van der Waals surface area contributed by atoms with Crippen LogP contribution in [0.4, 0.5) is 5.69 Å². The summed E-state index contributed by atoms with van der Waals surface area (Å²) in [6.45, 7) is 1.19. The van der Waals surface area contributed by atoms with Gasteiger partial charge in [-0.3, -0.25) is 9.59 Å². The number of likely N-dealkylation sites (tertiary alicyclic amines) is 1. The van der Waals surface area contributed by atoms with Crippen molar-refractivity contribution in [1.29, 1.82) is 0 Å². The number of nitrogens with zero attached hydrogens (tertiary/aromatic N) is 4. The average molecular weight is 409 g/mol. The lowest BCUT2D eigenvalue weighted by atomic mass is 10.0. The van der Waals surface area contributed by atoms with E-state index in [0.29, 0.717) is 18.7 Å². The van der Waals surface area contributed by atoms with Gasteiger partial charge in [0.15, 0.2) is 0 Å². The molecule has 0 N–H and O–H groups in total. The summed E-state index contributed by atoms with van der Waals surface area (Å²) in [5, 5.41) is 6.61. The van der Waals surface area contributed by atoms with Gasteiger partial charge in [0, 0.05) is 44.5 Å². The van der Waals surface area contributed by atoms with Gasteiger partial charge in [0.2, 0.25) is 0 Å². The predicted octanol–water partition coefficient (Wildman–Crippen LogP) is 3.52. The molecule has 0 spiro atoms. The Balaban J connectivity index is 1.57. The maximum Gasteiger partial charge on any atom is 0.267 e. The van der Waals surface area contributed by atoms with Crippen LogP contribution >= 0.6 is 11.3 Å². The van der Waals surface area contributed by atoms with E-state index in [9.17, 15) is 9.59 Å². The number of amides is 1. The first kappa shape index (κ1) is 19.4. The number of aromatic nitrogens is 2. The fraction of sp³-hybridized carbons (Fsp3) is 0.318. The van der Waals surface area contributed by atoms with Gasteiger partial charge in [0.05, 0.1) is 10.9 Å². The topological polar surface area (TPSA) is 58.4 Å². The van der Waals surface area contributed by atoms with E-state index in [1.54, 1.807) is 28.2 Å². The zero-order valence-corrected chi connectivity index (χ0v) is 17.4. The molecule has 0 radical (unpaired) electrons. The van der Waals surface area contributed by atoms with Gasteiger partial charge in [-0.15, -0.1) is 11.3 Å². The number of hydrogen-bond donors (Lipinski definition) is 0. The molecule has 4 rings (SSSR count). The Morgan fingerprint density at radius 2 is 2.03 bits per heavy atom. The van der Waals surface area contributed by atoms with Gasteiger partial charge in [0.1, 0.15) is 5.69 Å². The van der Waals surface area contributed by atoms with Crippen molar-refractivity contribution in [2.75, 3.05) is 32.1 Å². The second-order valence-electron chi connectivity index (χ2n) is 7.47. The summed E-state index contributed by atoms with van der Waals surface area (Å²) in [5.41, 5.74) is 2.33. The highest BCUT2D eigenvalue weighted by Gasteiger charge is 2.27. The van der Waals surface area contributed by atoms with Crippen LogP contribution in [0.1, 0.15) is 29.2 Å². The van der Waals surface area contributed by atoms with Crippen LogP contribution in [0.25, 0.3) is 10.6 Å². The van der Waals surface area contributed by atoms with E-state index < -0.39 is 0 Å². The summed E-state index contributed by atoms with van der Waals surface area (Å²) in [5.74, 6) is 0.000797. The van der Waals surface area contributed by atoms with Crippen molar-refractivity contribution >= 4 is 22.9 Å². The SMILES string of the molecule is CN(C)c1cccc(C(=O)N2CCCC(n3nc(-c4cccs4)ccc3=O)C2)c1. The fourth-order valence-electron chi connectivity index (χ4n) is 3.68. The van der Waals surface area contributed by atoms with Crippen molar-refractivity contribution in [2.24, 2.45) is 0 Å². The number of piperidine rings is 1. The molecule has 1 aromatic carbocycles. The smallest absolute Gasteiger partial charge is 0.267 e. The molecule has 1 saturated heterocycles. The van der Waals surface area contributed by atoms with E-state index in [0.717, 1.165) is 29.1 Å². The Bertz CT molecular complexity index is 1060. The molecule has 1 aliphatic heterocycles. The molecule has 1 unspecified atom stereocenters. The standard InChI is InChI=1S/C22H24N4O2S/c1-24(2)17-7-3-6-16(14-17)22(28)25-12-4-8-18(15-25)26-21(27)11-10-19(23-26)20-9-5-13-29-20/h3,5-7,9-11,13-14,18H,4,8,12,15H2,1-2H3. The number of carbonyl (C=O) groups is 1. The molecule has 6 nitrogen and oxygen atoms in total. The Hall–Kier alpha value is -2.93. The molecular weight excluding hydrogens is 384 g/mol. The van der Waals surface area contributed by atoms with E-state index in [4.69, 9.17) is 0 Å². The number of benzene rings is 1. The number of carbonyl (C=O) groups excluding carboxylic acids is 1. The molecule has 0 saturated carbocycles. The van der Waals surface area contributed by atoms with Gasteiger partial charge in [-0.1, -0.05) is 12.1 Å². The first-order valence-corrected chi connectivity index (χ1v) is 10.6. The van der Waals surface area contributed by atoms with Crippen LogP contribution in [-0.2, 0) is 0 Å². The van der Waals surface area contributed by atoms with Gasteiger partial charge < -0.3 is 9.80 Å². The Labute approximate surface area is 174 Å². The monoisotopic (exact) mass is 408 g/mol. The lowest BCUT2D eigenvalue weighted by Crippen LogP contribution is -2.43. The average Bonchev–Trinajstić information content (AvgIpc) is 3.28. The van der Waals surface area contributed by atoms with Crippen molar-refractivity contribution in [3.05, 3.63) is 69.8 Å². The van der Waals surface area contributed by atoms with Crippen LogP contribution < -0.4 is 10.5 Å². The molecule has 0 aliphatic carbocycles. The number of anilines is 1. The summed E-state index contributed by atoms with van der Waals surface area (Å²) in [4.78, 5) is 30.4. The Kier molecular flexibility index (Phi) is 5.49. The van der Waals surface area contributed by atoms with Gasteiger partial charge in [-0.2, -0.15) is 5.10 Å². The summed E-state index contributed by atoms with van der Waals surface area (Å²) in [6, 6.07) is 14.8. The molecule has 2 aromatic heterocycles. The normalized spacial score (nSPS) is 16.6. The van der Waals surface area contributed by atoms with Crippen molar-refractivity contribution in [3.8, 4) is 10.6 Å². The zero-order valence-electron chi connectivity index (χ0n) is 16.6. The van der Waals surface area contributed by atoms with Crippen molar-refractivity contribution in [1.82, 2.24) is 14.7 Å². The molecule has 3 heterocycles. The van der Waals surface area contributed by atoms with E-state index in [1.807, 2.05) is 65.7 Å². The summed E-state index contributed by atoms with van der Waals surface area (Å²) in [6.07, 6.45) is 1.68. The largest absolute Gasteiger partial charge is 0.378 e. The third-order valence-corrected chi connectivity index (χ3v) is 6.13. The quantitative estimate of drug-likeness (QED) is 0.663. The maximum absolute atomic E-state index is 13.1. The third kappa shape index (κ3) is 4.10. The van der Waals surface area contributed by atoms with Gasteiger partial charge >= 0.3 is 0 Å². The number of rotatable bonds is 4. The third-order valence-electron chi connectivity index (χ3n) is 5.24. The number of hydrogen-bond acceptors (Lipinski definition) is 5. The van der Waals surface area contributed by atoms with E-state index in [-0.39, 0.29) is 17.5 Å². The molecule has 29 heavy (non-hydrogen) atoms. The van der Waals surface area contributed by atoms with Gasteiger partial charge in [0.25, 0.3) is 11.5 Å². The lowest BCUT2D eigenvalue weighted by molar-refractivity contribution is 0.0670. The molecule has 1 fully saturated rings. The fourth-order valence-corrected chi connectivity index (χ4v) is 4.37. The minimum absolute atomic E-state index is 0.000797. The van der Waals surface area contributed by atoms with Crippen molar-refractivity contribution < 1.29 is 4.79 Å². The van der Waals surface area contributed by atoms with E-state index in [1.165, 1.54) is 0 Å². The molecule has 3 aromatic rings. The zero-order chi connectivity index (χ0) is 20.4. The Morgan fingerprint density at radius 1 is 1.17 bits per heavy atom. The van der Waals surface area contributed by atoms with Crippen LogP contribution in [-0.4, -0.2) is 47.8 Å². The van der Waals surface area contributed by atoms with Crippen molar-refractivity contribution in [3.63, 3.8) is 0 Å². The van der Waals surface area contributed by atoms with Crippen LogP contribution in [0.2, 0.25) is 0 Å². The van der Waals surface area contributed by atoms with Crippen LogP contribution in [0, 0.1) is 0 Å². The Morgan fingerprint density at radius 3 is 2.79 bits per heavy atom. The first-order chi connectivity index (χ1) is 14.0. The van der Waals surface area contributed by atoms with Crippen LogP contribution in [0.5, 0.6) is 0 Å². The van der Waals surface area contributed by atoms with Crippen LogP contribution in [0.3, 0.4) is 0 Å². The van der Waals surface area contributed by atoms with Gasteiger partial charge in [-0.05, 0) is 48.6 Å². The first-order valence-electron chi connectivity index (χ1n) is 9.73. The molecule has 1 aliphatic rings. The van der Waals surface area contributed by atoms with Crippen molar-refractivity contribution in [2.45, 2.75) is 18.9 Å². The molecular formula is C22H24N4O2S. The predicted molar refractivity (Wildman–Crippen MR) is 117 cm³/mol. The summed E-state index contributed by atoms with van der Waals surface area (Å²) in [7, 11) is 3.92. The maximum atomic E-state index is 13.1. The summed E-state index contributed by atoms with van der Waals surface area (Å²) >= 11 is 1.60. The van der Waals surface area contributed by atoms with Crippen LogP contribution in [0.15, 0.2) is 58.7 Å². The highest BCUT2D eigenvalue weighted by atomic mass is 32.1.